The van der Waals surface area contributed by atoms with E-state index in [0.29, 0.717) is 0 Å². The highest BCUT2D eigenvalue weighted by atomic mass is 16.2. The van der Waals surface area contributed by atoms with Gasteiger partial charge in [0, 0.05) is 12.1 Å². The van der Waals surface area contributed by atoms with Gasteiger partial charge in [-0.2, -0.15) is 0 Å². The van der Waals surface area contributed by atoms with Crippen LogP contribution in [0, 0.1) is 6.92 Å². The number of benzene rings is 1. The number of nitrogens with one attached hydrogen (secondary N) is 1. The van der Waals surface area contributed by atoms with Crippen molar-refractivity contribution >= 4 is 5.91 Å². The van der Waals surface area contributed by atoms with E-state index in [4.69, 9.17) is 0 Å². The molecule has 4 nitrogen and oxygen atoms in total. The minimum absolute atomic E-state index is 0.129. The molecule has 1 aromatic carbocycles. The van der Waals surface area contributed by atoms with Crippen LogP contribution in [0.25, 0.3) is 0 Å². The topological polar surface area (TPSA) is 35.6 Å². The molecule has 138 valence electrons. The first-order valence-corrected chi connectivity index (χ1v) is 9.78. The third-order valence-corrected chi connectivity index (χ3v) is 6.15. The van der Waals surface area contributed by atoms with Gasteiger partial charge in [-0.3, -0.25) is 14.6 Å². The first kappa shape index (κ1) is 18.4. The average Bonchev–Trinajstić information content (AvgIpc) is 3.27. The van der Waals surface area contributed by atoms with Crippen LogP contribution in [0.4, 0.5) is 0 Å². The maximum absolute atomic E-state index is 13.1. The molecule has 0 radical (unpaired) electrons. The summed E-state index contributed by atoms with van der Waals surface area (Å²) in [5.74, 6) is 0.129. The molecule has 0 bridgehead atoms. The lowest BCUT2D eigenvalue weighted by atomic mass is 9.94. The zero-order valence-corrected chi connectivity index (χ0v) is 16.1. The Balaban J connectivity index is 1.72. The molecule has 0 unspecified atom stereocenters. The number of amides is 1. The molecule has 0 spiro atoms. The fourth-order valence-electron chi connectivity index (χ4n) is 4.73. The highest BCUT2D eigenvalue weighted by Gasteiger charge is 2.41. The quantitative estimate of drug-likeness (QED) is 0.862. The third kappa shape index (κ3) is 3.90. The molecule has 2 aliphatic rings. The second-order valence-corrected chi connectivity index (χ2v) is 8.07. The van der Waals surface area contributed by atoms with Crippen molar-refractivity contribution in [3.05, 3.63) is 35.4 Å². The normalized spacial score (nSPS) is 21.6. The van der Waals surface area contributed by atoms with Gasteiger partial charge in [0.1, 0.15) is 6.04 Å². The fourth-order valence-corrected chi connectivity index (χ4v) is 4.73. The minimum Gasteiger partial charge on any atom is -0.353 e. The van der Waals surface area contributed by atoms with E-state index in [2.05, 4.69) is 29.3 Å². The van der Waals surface area contributed by atoms with Gasteiger partial charge in [-0.1, -0.05) is 37.1 Å². The Morgan fingerprint density at radius 3 is 2.40 bits per heavy atom. The molecule has 1 aliphatic heterocycles. The van der Waals surface area contributed by atoms with Crippen LogP contribution in [-0.4, -0.2) is 55.0 Å². The average molecular weight is 344 g/mol. The molecular formula is C21H33N3O. The standard InChI is InChI=1S/C21H33N3O/c1-17-10-4-5-11-18(17)19(23(2)3)20(25)22-16-21(12-6-7-13-21)24-14-8-9-15-24/h4-5,10-11,19H,6-9,12-16H2,1-3H3,(H,22,25)/t19-/m1/s1. The zero-order valence-electron chi connectivity index (χ0n) is 16.1. The predicted molar refractivity (Wildman–Crippen MR) is 103 cm³/mol. The summed E-state index contributed by atoms with van der Waals surface area (Å²) < 4.78 is 0. The van der Waals surface area contributed by atoms with Crippen molar-refractivity contribution in [3.63, 3.8) is 0 Å². The number of likely N-dealkylation sites (N-methyl/N-ethyl adjacent to an activating group) is 1. The van der Waals surface area contributed by atoms with Crippen molar-refractivity contribution in [2.75, 3.05) is 33.7 Å². The van der Waals surface area contributed by atoms with Crippen molar-refractivity contribution in [2.24, 2.45) is 0 Å². The van der Waals surface area contributed by atoms with E-state index in [9.17, 15) is 4.79 Å². The van der Waals surface area contributed by atoms with Crippen molar-refractivity contribution in [2.45, 2.75) is 57.0 Å². The van der Waals surface area contributed by atoms with Gasteiger partial charge < -0.3 is 5.32 Å². The van der Waals surface area contributed by atoms with Gasteiger partial charge in [-0.05, 0) is 70.9 Å². The Bertz CT molecular complexity index is 587. The lowest BCUT2D eigenvalue weighted by molar-refractivity contribution is -0.126. The monoisotopic (exact) mass is 343 g/mol. The highest BCUT2D eigenvalue weighted by Crippen LogP contribution is 2.37. The lowest BCUT2D eigenvalue weighted by Gasteiger charge is -2.39. The van der Waals surface area contributed by atoms with E-state index >= 15 is 0 Å². The Morgan fingerprint density at radius 2 is 1.80 bits per heavy atom. The summed E-state index contributed by atoms with van der Waals surface area (Å²) in [5, 5.41) is 3.33. The van der Waals surface area contributed by atoms with Gasteiger partial charge in [-0.25, -0.2) is 0 Å². The number of hydrogen-bond acceptors (Lipinski definition) is 3. The van der Waals surface area contributed by atoms with Gasteiger partial charge in [0.15, 0.2) is 0 Å². The number of carbonyl (C=O) groups excluding carboxylic acids is 1. The van der Waals surface area contributed by atoms with Crippen LogP contribution < -0.4 is 5.32 Å². The highest BCUT2D eigenvalue weighted by molar-refractivity contribution is 5.83. The van der Waals surface area contributed by atoms with Crippen LogP contribution in [0.1, 0.15) is 55.7 Å². The van der Waals surface area contributed by atoms with Gasteiger partial charge in [0.2, 0.25) is 5.91 Å². The predicted octanol–water partition coefficient (Wildman–Crippen LogP) is 3.12. The molecule has 2 fully saturated rings. The van der Waals surface area contributed by atoms with Crippen LogP contribution >= 0.6 is 0 Å². The Kier molecular flexibility index (Phi) is 5.80. The van der Waals surface area contributed by atoms with E-state index in [1.165, 1.54) is 57.2 Å². The largest absolute Gasteiger partial charge is 0.353 e. The molecule has 3 rings (SSSR count). The third-order valence-electron chi connectivity index (χ3n) is 6.15. The van der Waals surface area contributed by atoms with Crippen LogP contribution in [0.5, 0.6) is 0 Å². The molecule has 25 heavy (non-hydrogen) atoms. The van der Waals surface area contributed by atoms with Crippen molar-refractivity contribution in [1.82, 2.24) is 15.1 Å². The second-order valence-electron chi connectivity index (χ2n) is 8.07. The number of carbonyl (C=O) groups is 1. The van der Waals surface area contributed by atoms with E-state index in [-0.39, 0.29) is 17.5 Å². The Morgan fingerprint density at radius 1 is 1.16 bits per heavy atom. The van der Waals surface area contributed by atoms with Gasteiger partial charge in [0.25, 0.3) is 0 Å². The molecule has 0 aromatic heterocycles. The SMILES string of the molecule is Cc1ccccc1[C@H](C(=O)NCC1(N2CCCC2)CCCC1)N(C)C. The summed E-state index contributed by atoms with van der Waals surface area (Å²) in [6.45, 7) is 5.28. The molecule has 1 aliphatic carbocycles. The van der Waals surface area contributed by atoms with Gasteiger partial charge in [0.05, 0.1) is 0 Å². The summed E-state index contributed by atoms with van der Waals surface area (Å²) in [7, 11) is 3.98. The molecule has 1 heterocycles. The summed E-state index contributed by atoms with van der Waals surface area (Å²) in [5.41, 5.74) is 2.48. The smallest absolute Gasteiger partial charge is 0.242 e. The van der Waals surface area contributed by atoms with Crippen LogP contribution in [0.15, 0.2) is 24.3 Å². The van der Waals surface area contributed by atoms with E-state index in [0.717, 1.165) is 12.1 Å². The molecule has 1 amide bonds. The van der Waals surface area contributed by atoms with Crippen molar-refractivity contribution < 1.29 is 4.79 Å². The van der Waals surface area contributed by atoms with Crippen LogP contribution in [-0.2, 0) is 4.79 Å². The summed E-state index contributed by atoms with van der Waals surface area (Å²) in [6, 6.07) is 7.99. The number of nitrogens with zero attached hydrogens (tertiary/aromatic N) is 2. The zero-order chi connectivity index (χ0) is 17.9. The Hall–Kier alpha value is -1.39. The van der Waals surface area contributed by atoms with Crippen LogP contribution in [0.3, 0.4) is 0 Å². The number of likely N-dealkylation sites (tertiary alicyclic amines) is 1. The van der Waals surface area contributed by atoms with Gasteiger partial charge in [-0.15, -0.1) is 0 Å². The number of rotatable bonds is 6. The maximum atomic E-state index is 13.1. The first-order chi connectivity index (χ1) is 12.0. The molecular weight excluding hydrogens is 310 g/mol. The molecule has 1 aromatic rings. The molecule has 1 saturated heterocycles. The lowest BCUT2D eigenvalue weighted by Crippen LogP contribution is -2.54. The molecule has 4 heteroatoms. The second kappa shape index (κ2) is 7.88. The van der Waals surface area contributed by atoms with Crippen molar-refractivity contribution in [3.8, 4) is 0 Å². The number of hydrogen-bond donors (Lipinski definition) is 1. The van der Waals surface area contributed by atoms with E-state index < -0.39 is 0 Å². The van der Waals surface area contributed by atoms with E-state index in [1.807, 2.05) is 31.1 Å². The summed E-state index contributed by atoms with van der Waals surface area (Å²) in [6.07, 6.45) is 7.65. The van der Waals surface area contributed by atoms with Gasteiger partial charge >= 0.3 is 0 Å². The van der Waals surface area contributed by atoms with Crippen molar-refractivity contribution in [1.29, 1.82) is 0 Å². The number of aryl methyl sites for hydroxylation is 1. The van der Waals surface area contributed by atoms with E-state index in [1.54, 1.807) is 0 Å². The maximum Gasteiger partial charge on any atom is 0.242 e. The molecule has 1 saturated carbocycles. The summed E-state index contributed by atoms with van der Waals surface area (Å²) in [4.78, 5) is 17.8. The first-order valence-electron chi connectivity index (χ1n) is 9.78. The molecule has 1 atom stereocenters. The Labute approximate surface area is 152 Å². The minimum atomic E-state index is -0.224. The molecule has 1 N–H and O–H groups in total. The van der Waals surface area contributed by atoms with Crippen LogP contribution in [0.2, 0.25) is 0 Å². The fraction of sp³-hybridized carbons (Fsp3) is 0.667. The summed E-state index contributed by atoms with van der Waals surface area (Å²) >= 11 is 0.